The normalized spacial score (nSPS) is 23.7. The third-order valence-electron chi connectivity index (χ3n) is 3.24. The van der Waals surface area contributed by atoms with Crippen LogP contribution in [-0.2, 0) is 4.79 Å². The first kappa shape index (κ1) is 12.4. The van der Waals surface area contributed by atoms with Crippen molar-refractivity contribution in [2.24, 2.45) is 5.92 Å². The number of hydrogen-bond donors (Lipinski definition) is 2. The van der Waals surface area contributed by atoms with E-state index in [1.807, 2.05) is 32.0 Å². The van der Waals surface area contributed by atoms with E-state index in [0.29, 0.717) is 10.7 Å². The van der Waals surface area contributed by atoms with Crippen LogP contribution in [0.25, 0.3) is 0 Å². The van der Waals surface area contributed by atoms with Crippen molar-refractivity contribution in [3.05, 3.63) is 28.8 Å². The molecule has 2 unspecified atom stereocenters. The van der Waals surface area contributed by atoms with Gasteiger partial charge in [0, 0.05) is 6.04 Å². The molecule has 0 radical (unpaired) electrons. The molecule has 0 bridgehead atoms. The van der Waals surface area contributed by atoms with E-state index in [4.69, 9.17) is 11.6 Å². The number of carbonyl (C=O) groups excluding carboxylic acids is 1. The van der Waals surface area contributed by atoms with Crippen LogP contribution < -0.4 is 10.6 Å². The molecule has 1 saturated heterocycles. The zero-order valence-corrected chi connectivity index (χ0v) is 10.8. The molecule has 0 saturated carbocycles. The maximum absolute atomic E-state index is 12.1. The van der Waals surface area contributed by atoms with Gasteiger partial charge in [0.2, 0.25) is 5.91 Å². The average molecular weight is 253 g/mol. The van der Waals surface area contributed by atoms with Crippen molar-refractivity contribution in [2.45, 2.75) is 26.3 Å². The molecule has 2 rings (SSSR count). The minimum absolute atomic E-state index is 0.0346. The van der Waals surface area contributed by atoms with Crippen molar-refractivity contribution in [1.29, 1.82) is 0 Å². The second-order valence-corrected chi connectivity index (χ2v) is 5.02. The lowest BCUT2D eigenvalue weighted by Gasteiger charge is -2.15. The highest BCUT2D eigenvalue weighted by Gasteiger charge is 2.29. The number of aryl methyl sites for hydroxylation is 1. The Balaban J connectivity index is 2.07. The van der Waals surface area contributed by atoms with E-state index in [9.17, 15) is 4.79 Å². The largest absolute Gasteiger partial charge is 0.324 e. The monoisotopic (exact) mass is 252 g/mol. The summed E-state index contributed by atoms with van der Waals surface area (Å²) in [7, 11) is 0. The molecule has 0 aliphatic carbocycles. The molecule has 1 aliphatic rings. The maximum Gasteiger partial charge on any atom is 0.229 e. The van der Waals surface area contributed by atoms with Crippen LogP contribution in [0.2, 0.25) is 5.02 Å². The van der Waals surface area contributed by atoms with Gasteiger partial charge in [0.1, 0.15) is 0 Å². The minimum atomic E-state index is 0.0346. The molecule has 17 heavy (non-hydrogen) atoms. The van der Waals surface area contributed by atoms with Gasteiger partial charge >= 0.3 is 0 Å². The summed E-state index contributed by atoms with van der Waals surface area (Å²) in [6.45, 7) is 4.91. The second kappa shape index (κ2) is 5.07. The molecule has 0 aromatic heterocycles. The number of anilines is 1. The summed E-state index contributed by atoms with van der Waals surface area (Å²) in [5, 5.41) is 6.76. The van der Waals surface area contributed by atoms with Crippen molar-refractivity contribution < 1.29 is 4.79 Å². The lowest BCUT2D eigenvalue weighted by atomic mass is 10.0. The van der Waals surface area contributed by atoms with Crippen molar-refractivity contribution in [1.82, 2.24) is 5.32 Å². The molecule has 0 spiro atoms. The molecule has 2 atom stereocenters. The highest BCUT2D eigenvalue weighted by molar-refractivity contribution is 6.33. The van der Waals surface area contributed by atoms with Crippen LogP contribution in [0.1, 0.15) is 18.9 Å². The highest BCUT2D eigenvalue weighted by Crippen LogP contribution is 2.24. The summed E-state index contributed by atoms with van der Waals surface area (Å²) in [4.78, 5) is 12.1. The van der Waals surface area contributed by atoms with Crippen LogP contribution in [0.3, 0.4) is 0 Å². The summed E-state index contributed by atoms with van der Waals surface area (Å²) in [6.07, 6.45) is 0.885. The van der Waals surface area contributed by atoms with E-state index >= 15 is 0 Å². The van der Waals surface area contributed by atoms with Crippen LogP contribution in [-0.4, -0.2) is 18.5 Å². The van der Waals surface area contributed by atoms with Crippen molar-refractivity contribution >= 4 is 23.2 Å². The van der Waals surface area contributed by atoms with Gasteiger partial charge in [-0.05, 0) is 44.5 Å². The third kappa shape index (κ3) is 2.79. The predicted molar refractivity (Wildman–Crippen MR) is 70.4 cm³/mol. The van der Waals surface area contributed by atoms with Gasteiger partial charge in [-0.15, -0.1) is 0 Å². The van der Waals surface area contributed by atoms with Gasteiger partial charge in [0.05, 0.1) is 16.6 Å². The summed E-state index contributed by atoms with van der Waals surface area (Å²) < 4.78 is 0. The van der Waals surface area contributed by atoms with E-state index in [0.717, 1.165) is 18.5 Å². The number of hydrogen-bond acceptors (Lipinski definition) is 2. The number of benzene rings is 1. The first-order valence-corrected chi connectivity index (χ1v) is 6.26. The summed E-state index contributed by atoms with van der Waals surface area (Å²) in [5.41, 5.74) is 1.78. The fourth-order valence-electron chi connectivity index (χ4n) is 2.16. The number of halogens is 1. The van der Waals surface area contributed by atoms with E-state index in [-0.39, 0.29) is 17.9 Å². The second-order valence-electron chi connectivity index (χ2n) is 4.61. The molecular formula is C13H17ClN2O. The minimum Gasteiger partial charge on any atom is -0.324 e. The van der Waals surface area contributed by atoms with Gasteiger partial charge < -0.3 is 10.6 Å². The number of amides is 1. The van der Waals surface area contributed by atoms with Gasteiger partial charge in [-0.1, -0.05) is 17.7 Å². The van der Waals surface area contributed by atoms with E-state index in [2.05, 4.69) is 10.6 Å². The van der Waals surface area contributed by atoms with Gasteiger partial charge in [0.25, 0.3) is 0 Å². The zero-order valence-electron chi connectivity index (χ0n) is 10.1. The van der Waals surface area contributed by atoms with Gasteiger partial charge in [-0.25, -0.2) is 0 Å². The lowest BCUT2D eigenvalue weighted by molar-refractivity contribution is -0.119. The molecule has 1 fully saturated rings. The molecular weight excluding hydrogens is 236 g/mol. The Kier molecular flexibility index (Phi) is 3.69. The summed E-state index contributed by atoms with van der Waals surface area (Å²) in [6, 6.07) is 5.88. The summed E-state index contributed by atoms with van der Waals surface area (Å²) in [5.74, 6) is 0.0839. The fraction of sp³-hybridized carbons (Fsp3) is 0.462. The predicted octanol–water partition coefficient (Wildman–Crippen LogP) is 2.58. The maximum atomic E-state index is 12.1. The van der Waals surface area contributed by atoms with Crippen LogP contribution in [0.5, 0.6) is 0 Å². The standard InChI is InChI=1S/C13H17ClN2O/c1-8-3-4-12(11(14)7-8)16-13(17)10-5-6-15-9(10)2/h3-4,7,9-10,15H,5-6H2,1-2H3,(H,16,17). The highest BCUT2D eigenvalue weighted by atomic mass is 35.5. The topological polar surface area (TPSA) is 41.1 Å². The SMILES string of the molecule is Cc1ccc(NC(=O)C2CCNC2C)c(Cl)c1. The van der Waals surface area contributed by atoms with Crippen LogP contribution in [0.15, 0.2) is 18.2 Å². The quantitative estimate of drug-likeness (QED) is 0.850. The van der Waals surface area contributed by atoms with E-state index in [1.165, 1.54) is 0 Å². The first-order chi connectivity index (χ1) is 8.08. The van der Waals surface area contributed by atoms with Gasteiger partial charge in [-0.3, -0.25) is 4.79 Å². The van der Waals surface area contributed by atoms with Gasteiger partial charge in [-0.2, -0.15) is 0 Å². The molecule has 1 aromatic rings. The van der Waals surface area contributed by atoms with Crippen LogP contribution in [0.4, 0.5) is 5.69 Å². The Labute approximate surface area is 107 Å². The molecule has 1 aliphatic heterocycles. The fourth-order valence-corrected chi connectivity index (χ4v) is 2.45. The molecule has 1 heterocycles. The molecule has 2 N–H and O–H groups in total. The van der Waals surface area contributed by atoms with Crippen LogP contribution >= 0.6 is 11.6 Å². The Morgan fingerprint density at radius 1 is 1.53 bits per heavy atom. The van der Waals surface area contributed by atoms with Crippen molar-refractivity contribution in [3.8, 4) is 0 Å². The Morgan fingerprint density at radius 3 is 2.88 bits per heavy atom. The molecule has 3 nitrogen and oxygen atoms in total. The van der Waals surface area contributed by atoms with Crippen molar-refractivity contribution in [2.75, 3.05) is 11.9 Å². The summed E-state index contributed by atoms with van der Waals surface area (Å²) >= 11 is 6.09. The Bertz CT molecular complexity index is 433. The zero-order chi connectivity index (χ0) is 12.4. The first-order valence-electron chi connectivity index (χ1n) is 5.88. The molecule has 92 valence electrons. The van der Waals surface area contributed by atoms with Crippen LogP contribution in [0, 0.1) is 12.8 Å². The Morgan fingerprint density at radius 2 is 2.29 bits per heavy atom. The smallest absolute Gasteiger partial charge is 0.229 e. The Hall–Kier alpha value is -1.06. The van der Waals surface area contributed by atoms with Gasteiger partial charge in [0.15, 0.2) is 0 Å². The third-order valence-corrected chi connectivity index (χ3v) is 3.56. The average Bonchev–Trinajstić information content (AvgIpc) is 2.68. The molecule has 1 aromatic carbocycles. The molecule has 1 amide bonds. The van der Waals surface area contributed by atoms with E-state index in [1.54, 1.807) is 0 Å². The van der Waals surface area contributed by atoms with Crippen molar-refractivity contribution in [3.63, 3.8) is 0 Å². The lowest BCUT2D eigenvalue weighted by Crippen LogP contribution is -2.32. The molecule has 4 heteroatoms. The number of rotatable bonds is 2. The van der Waals surface area contributed by atoms with E-state index < -0.39 is 0 Å². The number of nitrogens with one attached hydrogen (secondary N) is 2. The number of carbonyl (C=O) groups is 1.